The normalized spacial score (nSPS) is 10.8. The Bertz CT molecular complexity index is 707. The highest BCUT2D eigenvalue weighted by atomic mass is 32.2. The van der Waals surface area contributed by atoms with Crippen molar-refractivity contribution in [3.63, 3.8) is 0 Å². The van der Waals surface area contributed by atoms with Gasteiger partial charge in [-0.2, -0.15) is 0 Å². The van der Waals surface area contributed by atoms with Crippen LogP contribution in [-0.4, -0.2) is 9.97 Å². The third-order valence-electron chi connectivity index (χ3n) is 2.85. The molecule has 2 N–H and O–H groups in total. The molecule has 0 aliphatic heterocycles. The highest BCUT2D eigenvalue weighted by Crippen LogP contribution is 2.31. The molecule has 0 amide bonds. The van der Waals surface area contributed by atoms with Gasteiger partial charge in [0.2, 0.25) is 0 Å². The predicted octanol–water partition coefficient (Wildman–Crippen LogP) is 3.24. The van der Waals surface area contributed by atoms with Gasteiger partial charge in [-0.25, -0.2) is 9.97 Å². The number of fused-ring (bicyclic) bond motifs is 1. The Morgan fingerprint density at radius 3 is 2.79 bits per heavy atom. The van der Waals surface area contributed by atoms with Gasteiger partial charge in [-0.3, -0.25) is 0 Å². The lowest BCUT2D eigenvalue weighted by molar-refractivity contribution is 1.06. The number of aromatic nitrogens is 2. The second-order valence-corrected chi connectivity index (χ2v) is 5.21. The van der Waals surface area contributed by atoms with Crippen LogP contribution in [0.3, 0.4) is 0 Å². The zero-order valence-corrected chi connectivity index (χ0v) is 11.1. The first-order chi connectivity index (χ1) is 9.36. The molecule has 0 saturated heterocycles. The molecule has 0 bridgehead atoms. The Morgan fingerprint density at radius 1 is 1.00 bits per heavy atom. The van der Waals surface area contributed by atoms with Gasteiger partial charge in [-0.1, -0.05) is 42.1 Å². The average molecular weight is 267 g/mol. The van der Waals surface area contributed by atoms with Crippen LogP contribution in [-0.2, 0) is 6.54 Å². The largest absolute Gasteiger partial charge is 0.326 e. The fraction of sp³-hybridized carbons (Fsp3) is 0.0667. The van der Waals surface area contributed by atoms with Crippen LogP contribution in [0.4, 0.5) is 0 Å². The average Bonchev–Trinajstić information content (AvgIpc) is 2.48. The molecule has 3 rings (SSSR count). The van der Waals surface area contributed by atoms with Crippen molar-refractivity contribution in [2.75, 3.05) is 0 Å². The van der Waals surface area contributed by atoms with E-state index in [-0.39, 0.29) is 0 Å². The van der Waals surface area contributed by atoms with Crippen LogP contribution in [0.5, 0.6) is 0 Å². The fourth-order valence-electron chi connectivity index (χ4n) is 1.91. The summed E-state index contributed by atoms with van der Waals surface area (Å²) in [5.41, 5.74) is 7.76. The van der Waals surface area contributed by atoms with Gasteiger partial charge in [-0.15, -0.1) is 0 Å². The summed E-state index contributed by atoms with van der Waals surface area (Å²) in [7, 11) is 0. The molecule has 1 heterocycles. The van der Waals surface area contributed by atoms with E-state index in [4.69, 9.17) is 5.73 Å². The molecule has 2 aromatic carbocycles. The van der Waals surface area contributed by atoms with Gasteiger partial charge in [0, 0.05) is 16.8 Å². The molecule has 0 unspecified atom stereocenters. The molecule has 0 spiro atoms. The number of nitrogens with zero attached hydrogens (tertiary/aromatic N) is 2. The molecular formula is C15H13N3S. The summed E-state index contributed by atoms with van der Waals surface area (Å²) in [5.74, 6) is 0. The number of rotatable bonds is 3. The lowest BCUT2D eigenvalue weighted by Gasteiger charge is -2.05. The van der Waals surface area contributed by atoms with Crippen molar-refractivity contribution in [1.29, 1.82) is 0 Å². The van der Waals surface area contributed by atoms with Crippen LogP contribution in [0.15, 0.2) is 64.8 Å². The quantitative estimate of drug-likeness (QED) is 0.740. The van der Waals surface area contributed by atoms with Crippen molar-refractivity contribution in [2.24, 2.45) is 5.73 Å². The second-order valence-electron chi connectivity index (χ2n) is 4.15. The minimum absolute atomic E-state index is 0.554. The molecule has 4 heteroatoms. The standard InChI is InChI=1S/C15H13N3S/c16-9-11-4-3-5-12(8-11)19-15-13-6-1-2-7-14(13)17-10-18-15/h1-8,10H,9,16H2. The number of nitrogens with two attached hydrogens (primary N) is 1. The van der Waals surface area contributed by atoms with Crippen molar-refractivity contribution in [3.05, 3.63) is 60.4 Å². The summed E-state index contributed by atoms with van der Waals surface area (Å²) in [6.45, 7) is 0.554. The maximum Gasteiger partial charge on any atom is 0.117 e. The van der Waals surface area contributed by atoms with Crippen LogP contribution in [0, 0.1) is 0 Å². The highest BCUT2D eigenvalue weighted by Gasteiger charge is 2.05. The van der Waals surface area contributed by atoms with Crippen LogP contribution in [0.25, 0.3) is 10.9 Å². The number of hydrogen-bond acceptors (Lipinski definition) is 4. The van der Waals surface area contributed by atoms with Gasteiger partial charge >= 0.3 is 0 Å². The van der Waals surface area contributed by atoms with Gasteiger partial charge in [0.15, 0.2) is 0 Å². The molecule has 0 radical (unpaired) electrons. The van der Waals surface area contributed by atoms with Gasteiger partial charge < -0.3 is 5.73 Å². The van der Waals surface area contributed by atoms with Crippen molar-refractivity contribution in [2.45, 2.75) is 16.5 Å². The van der Waals surface area contributed by atoms with Gasteiger partial charge in [0.25, 0.3) is 0 Å². The molecule has 94 valence electrons. The monoisotopic (exact) mass is 267 g/mol. The lowest BCUT2D eigenvalue weighted by Crippen LogP contribution is -1.95. The highest BCUT2D eigenvalue weighted by molar-refractivity contribution is 7.99. The molecule has 0 saturated carbocycles. The van der Waals surface area contributed by atoms with E-state index in [1.165, 1.54) is 0 Å². The Balaban J connectivity index is 2.01. The van der Waals surface area contributed by atoms with Crippen LogP contribution >= 0.6 is 11.8 Å². The first kappa shape index (κ1) is 12.1. The Hall–Kier alpha value is -1.91. The Morgan fingerprint density at radius 2 is 1.89 bits per heavy atom. The molecule has 1 aromatic heterocycles. The van der Waals surface area contributed by atoms with E-state index in [1.54, 1.807) is 18.1 Å². The number of benzene rings is 2. The molecule has 0 atom stereocenters. The van der Waals surface area contributed by atoms with E-state index in [0.717, 1.165) is 26.4 Å². The molecule has 3 nitrogen and oxygen atoms in total. The zero-order valence-electron chi connectivity index (χ0n) is 10.3. The Labute approximate surface area is 115 Å². The van der Waals surface area contributed by atoms with E-state index in [0.29, 0.717) is 6.54 Å². The van der Waals surface area contributed by atoms with Gasteiger partial charge in [0.1, 0.15) is 11.4 Å². The first-order valence-corrected chi connectivity index (χ1v) is 6.85. The van der Waals surface area contributed by atoms with Gasteiger partial charge in [0.05, 0.1) is 5.52 Å². The SMILES string of the molecule is NCc1cccc(Sc2ncnc3ccccc23)c1. The maximum atomic E-state index is 5.67. The smallest absolute Gasteiger partial charge is 0.117 e. The van der Waals surface area contributed by atoms with Crippen LogP contribution in [0.1, 0.15) is 5.56 Å². The third-order valence-corrected chi connectivity index (χ3v) is 3.86. The maximum absolute atomic E-state index is 5.67. The minimum Gasteiger partial charge on any atom is -0.326 e. The van der Waals surface area contributed by atoms with Gasteiger partial charge in [-0.05, 0) is 23.8 Å². The lowest BCUT2D eigenvalue weighted by atomic mass is 10.2. The number of hydrogen-bond donors (Lipinski definition) is 1. The molecule has 3 aromatic rings. The summed E-state index contributed by atoms with van der Waals surface area (Å²) < 4.78 is 0. The zero-order chi connectivity index (χ0) is 13.1. The van der Waals surface area contributed by atoms with Crippen LogP contribution in [0.2, 0.25) is 0 Å². The van der Waals surface area contributed by atoms with Crippen molar-refractivity contribution >= 4 is 22.7 Å². The summed E-state index contributed by atoms with van der Waals surface area (Å²) in [6, 6.07) is 16.3. The molecule has 0 fully saturated rings. The van der Waals surface area contributed by atoms with Crippen molar-refractivity contribution < 1.29 is 0 Å². The third kappa shape index (κ3) is 2.59. The van der Waals surface area contributed by atoms with Crippen molar-refractivity contribution in [3.8, 4) is 0 Å². The number of para-hydroxylation sites is 1. The molecule has 19 heavy (non-hydrogen) atoms. The van der Waals surface area contributed by atoms with E-state index < -0.39 is 0 Å². The summed E-state index contributed by atoms with van der Waals surface area (Å²) in [4.78, 5) is 9.80. The van der Waals surface area contributed by atoms with E-state index in [9.17, 15) is 0 Å². The second kappa shape index (κ2) is 5.38. The first-order valence-electron chi connectivity index (χ1n) is 6.03. The fourth-order valence-corrected chi connectivity index (χ4v) is 2.87. The van der Waals surface area contributed by atoms with E-state index in [1.807, 2.05) is 36.4 Å². The summed E-state index contributed by atoms with van der Waals surface area (Å²) >= 11 is 1.64. The summed E-state index contributed by atoms with van der Waals surface area (Å²) in [6.07, 6.45) is 1.61. The predicted molar refractivity (Wildman–Crippen MR) is 78.0 cm³/mol. The summed E-state index contributed by atoms with van der Waals surface area (Å²) in [5, 5.41) is 2.05. The molecule has 0 aliphatic rings. The topological polar surface area (TPSA) is 51.8 Å². The molecular weight excluding hydrogens is 254 g/mol. The minimum atomic E-state index is 0.554. The van der Waals surface area contributed by atoms with E-state index >= 15 is 0 Å². The van der Waals surface area contributed by atoms with E-state index in [2.05, 4.69) is 22.1 Å². The van der Waals surface area contributed by atoms with Crippen molar-refractivity contribution in [1.82, 2.24) is 9.97 Å². The molecule has 0 aliphatic carbocycles. The van der Waals surface area contributed by atoms with Crippen LogP contribution < -0.4 is 5.73 Å². The Kier molecular flexibility index (Phi) is 3.44.